The molecule has 1 heterocycles. The van der Waals surface area contributed by atoms with Gasteiger partial charge in [-0.1, -0.05) is 0 Å². The second kappa shape index (κ2) is 5.76. The van der Waals surface area contributed by atoms with Gasteiger partial charge in [0, 0.05) is 25.4 Å². The third kappa shape index (κ3) is 3.46. The van der Waals surface area contributed by atoms with E-state index in [9.17, 15) is 13.2 Å². The van der Waals surface area contributed by atoms with Crippen molar-refractivity contribution in [2.45, 2.75) is 11.4 Å². The molecule has 0 radical (unpaired) electrons. The number of nitrogens with zero attached hydrogens (tertiary/aromatic N) is 1. The molecule has 6 heteroatoms. The van der Waals surface area contributed by atoms with Crippen molar-refractivity contribution in [2.24, 2.45) is 0 Å². The Bertz CT molecular complexity index is 689. The molecule has 0 saturated heterocycles. The first-order chi connectivity index (χ1) is 9.38. The zero-order valence-electron chi connectivity index (χ0n) is 11.2. The normalized spacial score (nSPS) is 11.3. The molecule has 0 fully saturated rings. The van der Waals surface area contributed by atoms with Crippen LogP contribution >= 0.6 is 11.3 Å². The molecule has 0 spiro atoms. The van der Waals surface area contributed by atoms with E-state index in [1.807, 2.05) is 16.8 Å². The average Bonchev–Trinajstić information content (AvgIpc) is 2.90. The Balaban J connectivity index is 2.13. The van der Waals surface area contributed by atoms with Gasteiger partial charge in [-0.15, -0.1) is 0 Å². The zero-order valence-corrected chi connectivity index (χ0v) is 12.9. The van der Waals surface area contributed by atoms with Crippen molar-refractivity contribution in [3.05, 3.63) is 52.2 Å². The van der Waals surface area contributed by atoms with Crippen LogP contribution in [0.1, 0.15) is 15.9 Å². The largest absolute Gasteiger partial charge is 0.337 e. The first kappa shape index (κ1) is 14.7. The summed E-state index contributed by atoms with van der Waals surface area (Å²) >= 11 is 1.59. The maximum absolute atomic E-state index is 12.2. The van der Waals surface area contributed by atoms with Gasteiger partial charge in [-0.05, 0) is 46.7 Å². The Morgan fingerprint density at radius 3 is 2.35 bits per heavy atom. The monoisotopic (exact) mass is 309 g/mol. The molecule has 0 N–H and O–H groups in total. The predicted molar refractivity (Wildman–Crippen MR) is 79.7 cm³/mol. The number of amides is 1. The van der Waals surface area contributed by atoms with E-state index in [1.54, 1.807) is 35.4 Å². The second-order valence-electron chi connectivity index (χ2n) is 4.59. The highest BCUT2D eigenvalue weighted by atomic mass is 32.2. The predicted octanol–water partition coefficient (Wildman–Crippen LogP) is 2.42. The minimum absolute atomic E-state index is 0.128. The summed E-state index contributed by atoms with van der Waals surface area (Å²) < 4.78 is 22.7. The van der Waals surface area contributed by atoms with Gasteiger partial charge in [0.05, 0.1) is 4.90 Å². The molecule has 0 aliphatic carbocycles. The summed E-state index contributed by atoms with van der Waals surface area (Å²) in [6, 6.07) is 7.98. The molecule has 4 nitrogen and oxygen atoms in total. The van der Waals surface area contributed by atoms with Crippen molar-refractivity contribution in [2.75, 3.05) is 13.3 Å². The fourth-order valence-electron chi connectivity index (χ4n) is 1.79. The molecule has 0 saturated carbocycles. The number of sulfone groups is 1. The van der Waals surface area contributed by atoms with E-state index in [4.69, 9.17) is 0 Å². The van der Waals surface area contributed by atoms with E-state index in [2.05, 4.69) is 0 Å². The first-order valence-electron chi connectivity index (χ1n) is 5.94. The molecule has 1 amide bonds. The van der Waals surface area contributed by atoms with E-state index >= 15 is 0 Å². The highest BCUT2D eigenvalue weighted by Crippen LogP contribution is 2.14. The number of carbonyl (C=O) groups excluding carboxylic acids is 1. The minimum atomic E-state index is -3.23. The Morgan fingerprint density at radius 1 is 1.20 bits per heavy atom. The van der Waals surface area contributed by atoms with Crippen molar-refractivity contribution in [1.29, 1.82) is 0 Å². The molecular weight excluding hydrogens is 294 g/mol. The molecule has 0 aliphatic heterocycles. The fourth-order valence-corrected chi connectivity index (χ4v) is 3.08. The number of rotatable bonds is 4. The van der Waals surface area contributed by atoms with Crippen molar-refractivity contribution < 1.29 is 13.2 Å². The topological polar surface area (TPSA) is 54.5 Å². The minimum Gasteiger partial charge on any atom is -0.337 e. The number of hydrogen-bond acceptors (Lipinski definition) is 4. The van der Waals surface area contributed by atoms with Crippen LogP contribution in [0.25, 0.3) is 0 Å². The maximum Gasteiger partial charge on any atom is 0.253 e. The lowest BCUT2D eigenvalue weighted by atomic mass is 10.2. The summed E-state index contributed by atoms with van der Waals surface area (Å²) in [5.74, 6) is -0.128. The standard InChI is InChI=1S/C14H15NO3S2/c1-15(9-11-7-8-19-10-11)14(16)12-3-5-13(6-4-12)20(2,17)18/h3-8,10H,9H2,1-2H3. The molecule has 0 bridgehead atoms. The van der Waals surface area contributed by atoms with Gasteiger partial charge in [0.1, 0.15) is 0 Å². The highest BCUT2D eigenvalue weighted by molar-refractivity contribution is 7.90. The van der Waals surface area contributed by atoms with Crippen LogP contribution in [0.3, 0.4) is 0 Å². The molecular formula is C14H15NO3S2. The van der Waals surface area contributed by atoms with Crippen LogP contribution in [-0.2, 0) is 16.4 Å². The molecule has 0 atom stereocenters. The summed E-state index contributed by atoms with van der Waals surface area (Å²) in [6.07, 6.45) is 1.15. The van der Waals surface area contributed by atoms with Gasteiger partial charge in [0.15, 0.2) is 9.84 Å². The van der Waals surface area contributed by atoms with Gasteiger partial charge in [-0.2, -0.15) is 11.3 Å². The number of benzene rings is 1. The summed E-state index contributed by atoms with van der Waals surface area (Å²) in [4.78, 5) is 14.0. The molecule has 2 aromatic rings. The third-order valence-corrected chi connectivity index (χ3v) is 4.74. The van der Waals surface area contributed by atoms with Crippen LogP contribution in [0.4, 0.5) is 0 Å². The van der Waals surface area contributed by atoms with Crippen molar-refractivity contribution in [1.82, 2.24) is 4.90 Å². The van der Waals surface area contributed by atoms with Crippen LogP contribution in [-0.4, -0.2) is 32.5 Å². The van der Waals surface area contributed by atoms with Crippen LogP contribution in [0.5, 0.6) is 0 Å². The number of thiophene rings is 1. The van der Waals surface area contributed by atoms with Crippen LogP contribution < -0.4 is 0 Å². The first-order valence-corrected chi connectivity index (χ1v) is 8.78. The van der Waals surface area contributed by atoms with Gasteiger partial charge in [0.25, 0.3) is 5.91 Å². The second-order valence-corrected chi connectivity index (χ2v) is 7.39. The smallest absolute Gasteiger partial charge is 0.253 e. The lowest BCUT2D eigenvalue weighted by Crippen LogP contribution is -2.25. The van der Waals surface area contributed by atoms with Crippen LogP contribution in [0.2, 0.25) is 0 Å². The number of carbonyl (C=O) groups is 1. The summed E-state index contributed by atoms with van der Waals surface area (Å²) in [5.41, 5.74) is 1.56. The van der Waals surface area contributed by atoms with Crippen molar-refractivity contribution >= 4 is 27.1 Å². The van der Waals surface area contributed by atoms with Gasteiger partial charge in [0.2, 0.25) is 0 Å². The Morgan fingerprint density at radius 2 is 1.85 bits per heavy atom. The molecule has 20 heavy (non-hydrogen) atoms. The van der Waals surface area contributed by atoms with Crippen molar-refractivity contribution in [3.63, 3.8) is 0 Å². The molecule has 1 aromatic carbocycles. The van der Waals surface area contributed by atoms with E-state index < -0.39 is 9.84 Å². The summed E-state index contributed by atoms with van der Waals surface area (Å²) in [7, 11) is -1.50. The summed E-state index contributed by atoms with van der Waals surface area (Å²) in [6.45, 7) is 0.538. The maximum atomic E-state index is 12.2. The quantitative estimate of drug-likeness (QED) is 0.871. The van der Waals surface area contributed by atoms with Gasteiger partial charge >= 0.3 is 0 Å². The molecule has 0 aliphatic rings. The molecule has 2 rings (SSSR count). The molecule has 0 unspecified atom stereocenters. The number of hydrogen-bond donors (Lipinski definition) is 0. The van der Waals surface area contributed by atoms with E-state index in [-0.39, 0.29) is 10.8 Å². The van der Waals surface area contributed by atoms with Gasteiger partial charge in [-0.25, -0.2) is 8.42 Å². The Kier molecular flexibility index (Phi) is 4.25. The Hall–Kier alpha value is -1.66. The molecule has 106 valence electrons. The van der Waals surface area contributed by atoms with Crippen LogP contribution in [0.15, 0.2) is 46.0 Å². The van der Waals surface area contributed by atoms with Crippen LogP contribution in [0, 0.1) is 0 Å². The molecule has 1 aromatic heterocycles. The fraction of sp³-hybridized carbons (Fsp3) is 0.214. The lowest BCUT2D eigenvalue weighted by molar-refractivity contribution is 0.0785. The third-order valence-electron chi connectivity index (χ3n) is 2.88. The summed E-state index contributed by atoms with van der Waals surface area (Å²) in [5, 5.41) is 3.96. The van der Waals surface area contributed by atoms with Gasteiger partial charge < -0.3 is 4.90 Å². The van der Waals surface area contributed by atoms with Gasteiger partial charge in [-0.3, -0.25) is 4.79 Å². The van der Waals surface area contributed by atoms with E-state index in [0.29, 0.717) is 12.1 Å². The highest BCUT2D eigenvalue weighted by Gasteiger charge is 2.13. The van der Waals surface area contributed by atoms with E-state index in [0.717, 1.165) is 11.8 Å². The average molecular weight is 309 g/mol. The SMILES string of the molecule is CN(Cc1ccsc1)C(=O)c1ccc(S(C)(=O)=O)cc1. The van der Waals surface area contributed by atoms with Crippen molar-refractivity contribution in [3.8, 4) is 0 Å². The Labute approximate surface area is 122 Å². The zero-order chi connectivity index (χ0) is 14.8. The lowest BCUT2D eigenvalue weighted by Gasteiger charge is -2.16. The van der Waals surface area contributed by atoms with E-state index in [1.165, 1.54) is 12.1 Å².